The van der Waals surface area contributed by atoms with E-state index in [1.165, 1.54) is 10.5 Å². The second-order valence-electron chi connectivity index (χ2n) is 5.20. The Morgan fingerprint density at radius 3 is 2.24 bits per heavy atom. The molecule has 0 aliphatic rings. The molecule has 96 valence electrons. The lowest BCUT2D eigenvalue weighted by molar-refractivity contribution is 0.421. The van der Waals surface area contributed by atoms with Crippen LogP contribution in [0.4, 0.5) is 0 Å². The third-order valence-corrected chi connectivity index (χ3v) is 3.19. The molecule has 0 fully saturated rings. The van der Waals surface area contributed by atoms with Crippen LogP contribution in [0.5, 0.6) is 0 Å². The Labute approximate surface area is 110 Å². The van der Waals surface area contributed by atoms with Crippen molar-refractivity contribution < 1.29 is 0 Å². The van der Waals surface area contributed by atoms with E-state index in [2.05, 4.69) is 61.9 Å². The van der Waals surface area contributed by atoms with E-state index in [4.69, 9.17) is 0 Å². The molecule has 0 saturated carbocycles. The van der Waals surface area contributed by atoms with Crippen LogP contribution in [-0.4, -0.2) is 24.9 Å². The summed E-state index contributed by atoms with van der Waals surface area (Å²) in [6.07, 6.45) is 2.10. The summed E-state index contributed by atoms with van der Waals surface area (Å²) in [5, 5.41) is 6.90. The smallest absolute Gasteiger partial charge is 0.0206 e. The topological polar surface area (TPSA) is 24.1 Å². The summed E-state index contributed by atoms with van der Waals surface area (Å²) in [6, 6.07) is 8.73. The van der Waals surface area contributed by atoms with E-state index < -0.39 is 0 Å². The molecule has 2 nitrogen and oxygen atoms in total. The first kappa shape index (κ1) is 14.6. The number of hydrogen-bond donors (Lipinski definition) is 2. The zero-order valence-electron chi connectivity index (χ0n) is 11.3. The maximum absolute atomic E-state index is 3.46. The van der Waals surface area contributed by atoms with Crippen molar-refractivity contribution in [3.63, 3.8) is 0 Å². The first-order chi connectivity index (χ1) is 8.01. The van der Waals surface area contributed by atoms with Gasteiger partial charge in [0.15, 0.2) is 0 Å². The molecule has 2 N–H and O–H groups in total. The molecule has 0 unspecified atom stereocenters. The number of benzene rings is 1. The van der Waals surface area contributed by atoms with Gasteiger partial charge >= 0.3 is 0 Å². The van der Waals surface area contributed by atoms with Gasteiger partial charge in [0.05, 0.1) is 0 Å². The van der Waals surface area contributed by atoms with Gasteiger partial charge in [0.2, 0.25) is 0 Å². The van der Waals surface area contributed by atoms with Gasteiger partial charge in [-0.2, -0.15) is 0 Å². The van der Waals surface area contributed by atoms with Crippen LogP contribution >= 0.6 is 11.8 Å². The molecule has 3 heteroatoms. The quantitative estimate of drug-likeness (QED) is 0.601. The average Bonchev–Trinajstić information content (AvgIpc) is 2.28. The Kier molecular flexibility index (Phi) is 6.03. The highest BCUT2D eigenvalue weighted by atomic mass is 32.2. The zero-order chi connectivity index (χ0) is 12.7. The third kappa shape index (κ3) is 6.71. The lowest BCUT2D eigenvalue weighted by atomic mass is 10.1. The third-order valence-electron chi connectivity index (χ3n) is 2.45. The average molecular weight is 252 g/mol. The predicted octanol–water partition coefficient (Wildman–Crippen LogP) is 2.89. The fourth-order valence-corrected chi connectivity index (χ4v) is 1.91. The number of nitrogens with one attached hydrogen (secondary N) is 2. The van der Waals surface area contributed by atoms with Gasteiger partial charge in [0.25, 0.3) is 0 Å². The van der Waals surface area contributed by atoms with Crippen LogP contribution in [0.1, 0.15) is 26.3 Å². The van der Waals surface area contributed by atoms with Gasteiger partial charge in [-0.25, -0.2) is 0 Å². The van der Waals surface area contributed by atoms with Crippen molar-refractivity contribution in [2.24, 2.45) is 0 Å². The molecule has 0 aromatic heterocycles. The van der Waals surface area contributed by atoms with Gasteiger partial charge in [0.1, 0.15) is 0 Å². The van der Waals surface area contributed by atoms with E-state index in [0.29, 0.717) is 0 Å². The largest absolute Gasteiger partial charge is 0.311 e. The van der Waals surface area contributed by atoms with E-state index in [1.807, 2.05) is 0 Å². The molecule has 1 aromatic rings. The zero-order valence-corrected chi connectivity index (χ0v) is 12.2. The summed E-state index contributed by atoms with van der Waals surface area (Å²) in [7, 11) is 0. The van der Waals surface area contributed by atoms with Gasteiger partial charge in [-0.15, -0.1) is 11.8 Å². The fraction of sp³-hybridized carbons (Fsp3) is 0.571. The van der Waals surface area contributed by atoms with Crippen molar-refractivity contribution in [2.45, 2.75) is 37.8 Å². The van der Waals surface area contributed by atoms with Crippen molar-refractivity contribution >= 4 is 11.8 Å². The molecule has 0 saturated heterocycles. The molecule has 0 aliphatic carbocycles. The molecule has 0 heterocycles. The van der Waals surface area contributed by atoms with E-state index in [1.54, 1.807) is 11.8 Å². The van der Waals surface area contributed by atoms with Crippen LogP contribution in [0, 0.1) is 0 Å². The maximum atomic E-state index is 3.46. The number of hydrogen-bond acceptors (Lipinski definition) is 3. The Hall–Kier alpha value is -0.510. The predicted molar refractivity (Wildman–Crippen MR) is 77.7 cm³/mol. The van der Waals surface area contributed by atoms with Gasteiger partial charge in [-0.1, -0.05) is 12.1 Å². The van der Waals surface area contributed by atoms with E-state index >= 15 is 0 Å². The van der Waals surface area contributed by atoms with Crippen molar-refractivity contribution in [1.82, 2.24) is 10.6 Å². The van der Waals surface area contributed by atoms with Crippen molar-refractivity contribution in [3.05, 3.63) is 29.8 Å². The molecule has 0 bridgehead atoms. The Bertz CT molecular complexity index is 314. The van der Waals surface area contributed by atoms with Crippen LogP contribution in [0.3, 0.4) is 0 Å². The highest BCUT2D eigenvalue weighted by Crippen LogP contribution is 2.14. The Morgan fingerprint density at radius 1 is 1.06 bits per heavy atom. The fourth-order valence-electron chi connectivity index (χ4n) is 1.50. The molecule has 17 heavy (non-hydrogen) atoms. The maximum Gasteiger partial charge on any atom is 0.0206 e. The normalized spacial score (nSPS) is 11.8. The monoisotopic (exact) mass is 252 g/mol. The summed E-state index contributed by atoms with van der Waals surface area (Å²) in [5.74, 6) is 0. The lowest BCUT2D eigenvalue weighted by Crippen LogP contribution is -2.40. The van der Waals surface area contributed by atoms with E-state index in [9.17, 15) is 0 Å². The molecule has 0 aliphatic heterocycles. The van der Waals surface area contributed by atoms with Gasteiger partial charge < -0.3 is 10.6 Å². The molecular formula is C14H24N2S. The second-order valence-corrected chi connectivity index (χ2v) is 6.08. The molecule has 0 radical (unpaired) electrons. The van der Waals surface area contributed by atoms with Crippen molar-refractivity contribution in [3.8, 4) is 0 Å². The van der Waals surface area contributed by atoms with Gasteiger partial charge in [-0.3, -0.25) is 0 Å². The summed E-state index contributed by atoms with van der Waals surface area (Å²) >= 11 is 1.78. The number of thioether (sulfide) groups is 1. The highest BCUT2D eigenvalue weighted by Gasteiger charge is 2.06. The first-order valence-electron chi connectivity index (χ1n) is 6.10. The Balaban J connectivity index is 2.18. The molecular weight excluding hydrogens is 228 g/mol. The second kappa shape index (κ2) is 7.04. The number of rotatable bonds is 6. The Morgan fingerprint density at radius 2 is 1.71 bits per heavy atom. The molecule has 1 rings (SSSR count). The molecule has 0 amide bonds. The van der Waals surface area contributed by atoms with Crippen molar-refractivity contribution in [2.75, 3.05) is 19.3 Å². The van der Waals surface area contributed by atoms with E-state index in [-0.39, 0.29) is 5.54 Å². The minimum atomic E-state index is 0.210. The first-order valence-corrected chi connectivity index (χ1v) is 7.32. The SMILES string of the molecule is CSc1ccc(CNCCNC(C)(C)C)cc1. The van der Waals surface area contributed by atoms with Crippen molar-refractivity contribution in [1.29, 1.82) is 0 Å². The van der Waals surface area contributed by atoms with E-state index in [0.717, 1.165) is 19.6 Å². The summed E-state index contributed by atoms with van der Waals surface area (Å²) < 4.78 is 0. The molecule has 0 atom stereocenters. The van der Waals surface area contributed by atoms with Crippen LogP contribution < -0.4 is 10.6 Å². The standard InChI is InChI=1S/C14H24N2S/c1-14(2,3)16-10-9-15-11-12-5-7-13(17-4)8-6-12/h5-8,15-16H,9-11H2,1-4H3. The van der Waals surface area contributed by atoms with Crippen LogP contribution in [-0.2, 0) is 6.54 Å². The lowest BCUT2D eigenvalue weighted by Gasteiger charge is -2.20. The summed E-state index contributed by atoms with van der Waals surface area (Å²) in [4.78, 5) is 1.32. The molecule has 1 aromatic carbocycles. The minimum Gasteiger partial charge on any atom is -0.311 e. The summed E-state index contributed by atoms with van der Waals surface area (Å²) in [5.41, 5.74) is 1.56. The van der Waals surface area contributed by atoms with Gasteiger partial charge in [0, 0.05) is 30.1 Å². The van der Waals surface area contributed by atoms with Crippen LogP contribution in [0.25, 0.3) is 0 Å². The summed E-state index contributed by atoms with van der Waals surface area (Å²) in [6.45, 7) is 9.52. The molecule has 0 spiro atoms. The highest BCUT2D eigenvalue weighted by molar-refractivity contribution is 7.98. The minimum absolute atomic E-state index is 0.210. The van der Waals surface area contributed by atoms with Crippen LogP contribution in [0.2, 0.25) is 0 Å². The van der Waals surface area contributed by atoms with Gasteiger partial charge in [-0.05, 0) is 44.7 Å². The van der Waals surface area contributed by atoms with Crippen LogP contribution in [0.15, 0.2) is 29.2 Å².